The van der Waals surface area contributed by atoms with Gasteiger partial charge in [0.2, 0.25) is 5.91 Å². The minimum absolute atomic E-state index is 0.292. The average Bonchev–Trinajstić information content (AvgIpc) is 2.43. The summed E-state index contributed by atoms with van der Waals surface area (Å²) >= 11 is 0. The van der Waals surface area contributed by atoms with E-state index in [0.717, 1.165) is 19.0 Å². The van der Waals surface area contributed by atoms with Gasteiger partial charge in [-0.25, -0.2) is 0 Å². The Labute approximate surface area is 92.2 Å². The monoisotopic (exact) mass is 210 g/mol. The van der Waals surface area contributed by atoms with Gasteiger partial charge >= 0.3 is 0 Å². The third-order valence-electron chi connectivity index (χ3n) is 3.86. The van der Waals surface area contributed by atoms with E-state index in [1.807, 2.05) is 11.9 Å². The molecule has 2 fully saturated rings. The van der Waals surface area contributed by atoms with Crippen LogP contribution in [0.5, 0.6) is 0 Å². The highest BCUT2D eigenvalue weighted by Crippen LogP contribution is 2.27. The number of likely N-dealkylation sites (N-methyl/N-ethyl adjacent to an activating group) is 1. The summed E-state index contributed by atoms with van der Waals surface area (Å²) in [7, 11) is 1.94. The van der Waals surface area contributed by atoms with E-state index in [1.54, 1.807) is 0 Å². The number of nitrogens with one attached hydrogen (secondary N) is 1. The fourth-order valence-corrected chi connectivity index (χ4v) is 2.87. The molecular formula is C12H22N2O. The molecule has 15 heavy (non-hydrogen) atoms. The summed E-state index contributed by atoms with van der Waals surface area (Å²) in [6, 6.07) is 0.543. The molecule has 0 radical (unpaired) electrons. The molecule has 1 atom stereocenters. The highest BCUT2D eigenvalue weighted by Gasteiger charge is 2.27. The van der Waals surface area contributed by atoms with Gasteiger partial charge in [0, 0.05) is 32.6 Å². The van der Waals surface area contributed by atoms with Crippen LogP contribution in [0.4, 0.5) is 0 Å². The molecule has 1 aliphatic carbocycles. The molecule has 0 aromatic rings. The first-order chi connectivity index (χ1) is 7.27. The van der Waals surface area contributed by atoms with E-state index in [0.29, 0.717) is 18.4 Å². The van der Waals surface area contributed by atoms with Crippen molar-refractivity contribution in [2.75, 3.05) is 20.1 Å². The van der Waals surface area contributed by atoms with Gasteiger partial charge in [0.05, 0.1) is 0 Å². The summed E-state index contributed by atoms with van der Waals surface area (Å²) in [6.45, 7) is 1.77. The maximum Gasteiger partial charge on any atom is 0.223 e. The van der Waals surface area contributed by atoms with Crippen molar-refractivity contribution in [3.05, 3.63) is 0 Å². The molecule has 1 heterocycles. The number of hydrogen-bond donors (Lipinski definition) is 1. The quantitative estimate of drug-likeness (QED) is 0.709. The van der Waals surface area contributed by atoms with Crippen LogP contribution >= 0.6 is 0 Å². The minimum Gasteiger partial charge on any atom is -0.344 e. The number of hydrogen-bond acceptors (Lipinski definition) is 2. The maximum absolute atomic E-state index is 11.5. The second-order valence-electron chi connectivity index (χ2n) is 4.98. The number of carbonyl (C=O) groups is 1. The van der Waals surface area contributed by atoms with Crippen LogP contribution in [-0.2, 0) is 4.79 Å². The molecule has 2 rings (SSSR count). The lowest BCUT2D eigenvalue weighted by molar-refractivity contribution is -0.129. The van der Waals surface area contributed by atoms with Gasteiger partial charge in [-0.15, -0.1) is 0 Å². The van der Waals surface area contributed by atoms with Crippen molar-refractivity contribution in [1.82, 2.24) is 10.2 Å². The first kappa shape index (κ1) is 10.9. The Balaban J connectivity index is 1.92. The molecule has 1 amide bonds. The Morgan fingerprint density at radius 3 is 2.73 bits per heavy atom. The van der Waals surface area contributed by atoms with Crippen LogP contribution in [0.1, 0.15) is 38.5 Å². The third kappa shape index (κ3) is 2.71. The number of nitrogens with zero attached hydrogens (tertiary/aromatic N) is 1. The third-order valence-corrected chi connectivity index (χ3v) is 3.86. The Kier molecular flexibility index (Phi) is 3.62. The standard InChI is InChI=1S/C12H22N2O/c1-14-9-11(13-8-7-12(14)15)10-5-3-2-4-6-10/h10-11,13H,2-9H2,1H3. The SMILES string of the molecule is CN1CC(C2CCCCC2)NCCC1=O. The lowest BCUT2D eigenvalue weighted by Gasteiger charge is -2.31. The summed E-state index contributed by atoms with van der Waals surface area (Å²) in [5, 5.41) is 3.55. The van der Waals surface area contributed by atoms with E-state index in [1.165, 1.54) is 32.1 Å². The van der Waals surface area contributed by atoms with E-state index in [9.17, 15) is 4.79 Å². The second-order valence-corrected chi connectivity index (χ2v) is 4.98. The molecular weight excluding hydrogens is 188 g/mol. The predicted octanol–water partition coefficient (Wildman–Crippen LogP) is 1.39. The van der Waals surface area contributed by atoms with Crippen LogP contribution < -0.4 is 5.32 Å². The molecule has 0 spiro atoms. The molecule has 1 N–H and O–H groups in total. The molecule has 3 heteroatoms. The summed E-state index contributed by atoms with van der Waals surface area (Å²) in [5.74, 6) is 1.09. The molecule has 1 unspecified atom stereocenters. The van der Waals surface area contributed by atoms with Gasteiger partial charge in [0.1, 0.15) is 0 Å². The van der Waals surface area contributed by atoms with Crippen LogP contribution in [-0.4, -0.2) is 37.0 Å². The van der Waals surface area contributed by atoms with Gasteiger partial charge in [0.15, 0.2) is 0 Å². The van der Waals surface area contributed by atoms with Crippen molar-refractivity contribution in [2.45, 2.75) is 44.6 Å². The van der Waals surface area contributed by atoms with E-state index in [-0.39, 0.29) is 0 Å². The molecule has 1 saturated carbocycles. The highest BCUT2D eigenvalue weighted by atomic mass is 16.2. The van der Waals surface area contributed by atoms with Crippen molar-refractivity contribution in [3.8, 4) is 0 Å². The van der Waals surface area contributed by atoms with Crippen molar-refractivity contribution in [3.63, 3.8) is 0 Å². The molecule has 0 aromatic heterocycles. The predicted molar refractivity (Wildman–Crippen MR) is 60.6 cm³/mol. The molecule has 1 saturated heterocycles. The van der Waals surface area contributed by atoms with Gasteiger partial charge in [0.25, 0.3) is 0 Å². The Morgan fingerprint density at radius 2 is 2.00 bits per heavy atom. The first-order valence-corrected chi connectivity index (χ1v) is 6.25. The van der Waals surface area contributed by atoms with Crippen LogP contribution in [0.3, 0.4) is 0 Å². The van der Waals surface area contributed by atoms with E-state index in [2.05, 4.69) is 5.32 Å². The first-order valence-electron chi connectivity index (χ1n) is 6.25. The van der Waals surface area contributed by atoms with Gasteiger partial charge in [-0.05, 0) is 18.8 Å². The van der Waals surface area contributed by atoms with Gasteiger partial charge in [-0.3, -0.25) is 4.79 Å². The molecule has 0 bridgehead atoms. The summed E-state index contributed by atoms with van der Waals surface area (Å²) in [5.41, 5.74) is 0. The average molecular weight is 210 g/mol. The zero-order valence-corrected chi connectivity index (χ0v) is 9.67. The van der Waals surface area contributed by atoms with E-state index in [4.69, 9.17) is 0 Å². The molecule has 2 aliphatic rings. The largest absolute Gasteiger partial charge is 0.344 e. The fraction of sp³-hybridized carbons (Fsp3) is 0.917. The van der Waals surface area contributed by atoms with Crippen molar-refractivity contribution >= 4 is 5.91 Å². The van der Waals surface area contributed by atoms with Crippen LogP contribution in [0.2, 0.25) is 0 Å². The molecule has 1 aliphatic heterocycles. The maximum atomic E-state index is 11.5. The van der Waals surface area contributed by atoms with Crippen LogP contribution in [0, 0.1) is 5.92 Å². The zero-order chi connectivity index (χ0) is 10.7. The number of carbonyl (C=O) groups excluding carboxylic acids is 1. The van der Waals surface area contributed by atoms with Crippen LogP contribution in [0.15, 0.2) is 0 Å². The van der Waals surface area contributed by atoms with Crippen molar-refractivity contribution in [2.24, 2.45) is 5.92 Å². The minimum atomic E-state index is 0.292. The van der Waals surface area contributed by atoms with Gasteiger partial charge in [-0.2, -0.15) is 0 Å². The zero-order valence-electron chi connectivity index (χ0n) is 9.67. The van der Waals surface area contributed by atoms with Gasteiger partial charge in [-0.1, -0.05) is 19.3 Å². The Morgan fingerprint density at radius 1 is 1.27 bits per heavy atom. The summed E-state index contributed by atoms with van der Waals surface area (Å²) in [4.78, 5) is 13.4. The summed E-state index contributed by atoms with van der Waals surface area (Å²) < 4.78 is 0. The van der Waals surface area contributed by atoms with Gasteiger partial charge < -0.3 is 10.2 Å². The Hall–Kier alpha value is -0.570. The number of amides is 1. The summed E-state index contributed by atoms with van der Waals surface area (Å²) in [6.07, 6.45) is 7.51. The number of rotatable bonds is 1. The van der Waals surface area contributed by atoms with Crippen LogP contribution in [0.25, 0.3) is 0 Å². The van der Waals surface area contributed by atoms with E-state index < -0.39 is 0 Å². The van der Waals surface area contributed by atoms with Crippen molar-refractivity contribution in [1.29, 1.82) is 0 Å². The smallest absolute Gasteiger partial charge is 0.223 e. The lowest BCUT2D eigenvalue weighted by Crippen LogP contribution is -2.43. The lowest BCUT2D eigenvalue weighted by atomic mass is 9.84. The molecule has 3 nitrogen and oxygen atoms in total. The second kappa shape index (κ2) is 4.97. The molecule has 0 aromatic carbocycles. The van der Waals surface area contributed by atoms with E-state index >= 15 is 0 Å². The fourth-order valence-electron chi connectivity index (χ4n) is 2.87. The Bertz CT molecular complexity index is 224. The topological polar surface area (TPSA) is 32.3 Å². The molecule has 86 valence electrons. The highest BCUT2D eigenvalue weighted by molar-refractivity contribution is 5.76. The van der Waals surface area contributed by atoms with Crippen molar-refractivity contribution < 1.29 is 4.79 Å². The normalized spacial score (nSPS) is 30.3.